The molecule has 1 aromatic carbocycles. The molecular weight excluding hydrogens is 342 g/mol. The van der Waals surface area contributed by atoms with Crippen molar-refractivity contribution in [2.75, 3.05) is 0 Å². The molecule has 3 rings (SSSR count). The third-order valence-electron chi connectivity index (χ3n) is 4.74. The van der Waals surface area contributed by atoms with Crippen molar-refractivity contribution in [3.8, 4) is 0 Å². The Morgan fingerprint density at radius 1 is 1.28 bits per heavy atom. The second kappa shape index (κ2) is 7.68. The van der Waals surface area contributed by atoms with E-state index >= 15 is 0 Å². The molecule has 136 valence electrons. The highest BCUT2D eigenvalue weighted by Gasteiger charge is 2.55. The topological polar surface area (TPSA) is 96.0 Å². The van der Waals surface area contributed by atoms with Gasteiger partial charge < -0.3 is 9.84 Å². The number of hydrogen-bond donors (Lipinski definition) is 2. The fourth-order valence-electron chi connectivity index (χ4n) is 3.42. The molecule has 0 radical (unpaired) electrons. The third-order valence-corrected chi connectivity index (χ3v) is 6.25. The van der Waals surface area contributed by atoms with Gasteiger partial charge in [0.1, 0.15) is 0 Å². The molecule has 1 aromatic rings. The smallest absolute Gasteiger partial charge is 0.303 e. The van der Waals surface area contributed by atoms with E-state index in [1.165, 1.54) is 0 Å². The number of aliphatic carboxylic acids is 1. The summed E-state index contributed by atoms with van der Waals surface area (Å²) in [6.07, 6.45) is 7.21. The van der Waals surface area contributed by atoms with Crippen LogP contribution in [0.1, 0.15) is 32.1 Å². The Labute approximate surface area is 147 Å². The average molecular weight is 365 g/mol. The molecule has 6 nitrogen and oxygen atoms in total. The average Bonchev–Trinajstić information content (AvgIpc) is 3.25. The van der Waals surface area contributed by atoms with Gasteiger partial charge >= 0.3 is 5.97 Å². The van der Waals surface area contributed by atoms with E-state index in [2.05, 4.69) is 4.72 Å². The van der Waals surface area contributed by atoms with Crippen LogP contribution in [0.2, 0.25) is 0 Å². The zero-order valence-corrected chi connectivity index (χ0v) is 14.7. The molecule has 2 N–H and O–H groups in total. The molecule has 1 aliphatic heterocycles. The minimum absolute atomic E-state index is 0.124. The van der Waals surface area contributed by atoms with Gasteiger partial charge in [0, 0.05) is 18.4 Å². The molecule has 0 spiro atoms. The van der Waals surface area contributed by atoms with Gasteiger partial charge in [-0.2, -0.15) is 0 Å². The van der Waals surface area contributed by atoms with Gasteiger partial charge in [-0.15, -0.1) is 0 Å². The number of carbonyl (C=O) groups is 1. The Kier molecular flexibility index (Phi) is 5.56. The zero-order chi connectivity index (χ0) is 17.9. The van der Waals surface area contributed by atoms with Crippen molar-refractivity contribution in [3.63, 3.8) is 0 Å². The molecular formula is C18H23NO5S. The van der Waals surface area contributed by atoms with E-state index < -0.39 is 16.0 Å². The van der Waals surface area contributed by atoms with Gasteiger partial charge in [0.05, 0.1) is 17.1 Å². The maximum Gasteiger partial charge on any atom is 0.303 e. The largest absolute Gasteiger partial charge is 0.481 e. The van der Waals surface area contributed by atoms with Crippen LogP contribution in [-0.4, -0.2) is 37.7 Å². The molecule has 7 heteroatoms. The van der Waals surface area contributed by atoms with E-state index in [1.807, 2.05) is 12.2 Å². The van der Waals surface area contributed by atoms with Gasteiger partial charge in [-0.1, -0.05) is 30.4 Å². The number of carboxylic acid groups (broad SMARTS) is 1. The van der Waals surface area contributed by atoms with Crippen LogP contribution >= 0.6 is 0 Å². The Morgan fingerprint density at radius 2 is 2.04 bits per heavy atom. The maximum absolute atomic E-state index is 12.5. The van der Waals surface area contributed by atoms with Crippen LogP contribution in [-0.2, 0) is 19.6 Å². The van der Waals surface area contributed by atoms with Gasteiger partial charge in [-0.05, 0) is 37.8 Å². The van der Waals surface area contributed by atoms with Crippen molar-refractivity contribution in [2.24, 2.45) is 5.92 Å². The van der Waals surface area contributed by atoms with Gasteiger partial charge in [0.2, 0.25) is 10.0 Å². The van der Waals surface area contributed by atoms with Crippen LogP contribution in [0.25, 0.3) is 0 Å². The van der Waals surface area contributed by atoms with E-state index in [0.29, 0.717) is 19.3 Å². The molecule has 4 atom stereocenters. The van der Waals surface area contributed by atoms with Crippen molar-refractivity contribution in [3.05, 3.63) is 42.5 Å². The first-order valence-electron chi connectivity index (χ1n) is 8.57. The first kappa shape index (κ1) is 18.1. The fourth-order valence-corrected chi connectivity index (χ4v) is 4.74. The number of carboxylic acids is 1. The van der Waals surface area contributed by atoms with Gasteiger partial charge in [0.15, 0.2) is 0 Å². The van der Waals surface area contributed by atoms with Crippen molar-refractivity contribution < 1.29 is 23.1 Å². The quantitative estimate of drug-likeness (QED) is 0.398. The number of fused-ring (bicyclic) bond motifs is 1. The Morgan fingerprint density at radius 3 is 2.76 bits per heavy atom. The van der Waals surface area contributed by atoms with E-state index in [4.69, 9.17) is 9.84 Å². The highest BCUT2D eigenvalue weighted by atomic mass is 32.2. The second-order valence-electron chi connectivity index (χ2n) is 6.57. The minimum atomic E-state index is -3.52. The molecule has 0 unspecified atom stereocenters. The SMILES string of the molecule is O=C(O)CCC/C=C\C[C@H]1[C@@H]2O[C@@H]2C[C@H]1NS(=O)(=O)c1ccccc1. The summed E-state index contributed by atoms with van der Waals surface area (Å²) in [6.45, 7) is 0. The number of hydrogen-bond acceptors (Lipinski definition) is 4. The highest BCUT2D eigenvalue weighted by molar-refractivity contribution is 7.89. The van der Waals surface area contributed by atoms with Crippen molar-refractivity contribution in [1.29, 1.82) is 0 Å². The molecule has 1 heterocycles. The number of epoxide rings is 1. The Bertz CT molecular complexity index is 731. The molecule has 1 saturated carbocycles. The lowest BCUT2D eigenvalue weighted by molar-refractivity contribution is -0.137. The Balaban J connectivity index is 1.55. The molecule has 0 amide bonds. The molecule has 1 aliphatic carbocycles. The number of nitrogens with one attached hydrogen (secondary N) is 1. The summed E-state index contributed by atoms with van der Waals surface area (Å²) in [4.78, 5) is 10.8. The van der Waals surface area contributed by atoms with E-state index in [9.17, 15) is 13.2 Å². The van der Waals surface area contributed by atoms with Crippen LogP contribution in [0.5, 0.6) is 0 Å². The predicted octanol–water partition coefficient (Wildman–Crippen LogP) is 2.32. The van der Waals surface area contributed by atoms with Gasteiger partial charge in [-0.25, -0.2) is 13.1 Å². The van der Waals surface area contributed by atoms with Crippen molar-refractivity contribution in [1.82, 2.24) is 4.72 Å². The normalized spacial score (nSPS) is 28.2. The first-order valence-corrected chi connectivity index (χ1v) is 10.1. The van der Waals surface area contributed by atoms with Crippen LogP contribution in [0.15, 0.2) is 47.4 Å². The van der Waals surface area contributed by atoms with Crippen LogP contribution in [0.4, 0.5) is 0 Å². The number of rotatable bonds is 9. The number of benzene rings is 1. The highest BCUT2D eigenvalue weighted by Crippen LogP contribution is 2.45. The third kappa shape index (κ3) is 4.68. The van der Waals surface area contributed by atoms with E-state index in [0.717, 1.165) is 6.42 Å². The first-order chi connectivity index (χ1) is 12.0. The number of unbranched alkanes of at least 4 members (excludes halogenated alkanes) is 1. The summed E-state index contributed by atoms with van der Waals surface area (Å²) < 4.78 is 33.4. The van der Waals surface area contributed by atoms with Crippen LogP contribution in [0, 0.1) is 5.92 Å². The number of allylic oxidation sites excluding steroid dienone is 2. The van der Waals surface area contributed by atoms with Crippen LogP contribution in [0.3, 0.4) is 0 Å². The lowest BCUT2D eigenvalue weighted by Crippen LogP contribution is -2.39. The van der Waals surface area contributed by atoms with E-state index in [-0.39, 0.29) is 35.5 Å². The predicted molar refractivity (Wildman–Crippen MR) is 92.6 cm³/mol. The summed E-state index contributed by atoms with van der Waals surface area (Å²) in [6, 6.07) is 8.26. The molecule has 0 bridgehead atoms. The summed E-state index contributed by atoms with van der Waals surface area (Å²) in [5, 5.41) is 8.61. The number of sulfonamides is 1. The zero-order valence-electron chi connectivity index (χ0n) is 13.9. The Hall–Kier alpha value is -1.70. The summed E-state index contributed by atoms with van der Waals surface area (Å²) >= 11 is 0. The molecule has 0 aromatic heterocycles. The van der Waals surface area contributed by atoms with Gasteiger partial charge in [0.25, 0.3) is 0 Å². The van der Waals surface area contributed by atoms with Gasteiger partial charge in [-0.3, -0.25) is 4.79 Å². The minimum Gasteiger partial charge on any atom is -0.481 e. The van der Waals surface area contributed by atoms with Crippen molar-refractivity contribution in [2.45, 2.75) is 55.2 Å². The number of ether oxygens (including phenoxy) is 1. The lowest BCUT2D eigenvalue weighted by atomic mass is 9.98. The monoisotopic (exact) mass is 365 g/mol. The molecule has 1 saturated heterocycles. The van der Waals surface area contributed by atoms with E-state index in [1.54, 1.807) is 30.3 Å². The van der Waals surface area contributed by atoms with Crippen LogP contribution < -0.4 is 4.72 Å². The molecule has 2 fully saturated rings. The molecule has 2 aliphatic rings. The summed E-state index contributed by atoms with van der Waals surface area (Å²) in [5.41, 5.74) is 0. The summed E-state index contributed by atoms with van der Waals surface area (Å²) in [7, 11) is -3.52. The second-order valence-corrected chi connectivity index (χ2v) is 8.29. The maximum atomic E-state index is 12.5. The standard InChI is InChI=1S/C18H23NO5S/c20-17(21)11-7-2-1-6-10-14-15(12-16-18(14)24-16)19-25(22,23)13-8-4-3-5-9-13/h1,3-6,8-9,14-16,18-19H,2,7,10-12H2,(H,20,21)/b6-1-/t14-,15-,16-,18+/m1/s1. The summed E-state index contributed by atoms with van der Waals surface area (Å²) in [5.74, 6) is -0.659. The molecule has 25 heavy (non-hydrogen) atoms. The lowest BCUT2D eigenvalue weighted by Gasteiger charge is -2.22. The fraction of sp³-hybridized carbons (Fsp3) is 0.500. The van der Waals surface area contributed by atoms with Crippen molar-refractivity contribution >= 4 is 16.0 Å².